The van der Waals surface area contributed by atoms with Gasteiger partial charge in [0, 0.05) is 0 Å². The fourth-order valence-electron chi connectivity index (χ4n) is 1.96. The standard InChI is InChI=1S/C12H13F3NP/c1-10-8-9-11(2)16(10)17(13,14,15)12-6-4-3-5-7-12/h3-9H,1-2H3. The number of rotatable bonds is 2. The summed E-state index contributed by atoms with van der Waals surface area (Å²) >= 11 is 0. The molecule has 0 N–H and O–H groups in total. The normalized spacial score (nSPS) is 14.3. The quantitative estimate of drug-likeness (QED) is 0.704. The minimum absolute atomic E-state index is 0.233. The van der Waals surface area contributed by atoms with Crippen LogP contribution in [0.2, 0.25) is 0 Å². The topological polar surface area (TPSA) is 4.93 Å². The van der Waals surface area contributed by atoms with Crippen LogP contribution in [0, 0.1) is 13.8 Å². The number of halogens is 3. The summed E-state index contributed by atoms with van der Waals surface area (Å²) in [7, 11) is -6.56. The molecule has 1 aromatic carbocycles. The van der Waals surface area contributed by atoms with E-state index in [9.17, 15) is 12.6 Å². The molecule has 92 valence electrons. The van der Waals surface area contributed by atoms with Crippen LogP contribution in [0.3, 0.4) is 0 Å². The fraction of sp³-hybridized carbons (Fsp3) is 0.167. The molecule has 0 bridgehead atoms. The summed E-state index contributed by atoms with van der Waals surface area (Å²) in [6, 6.07) is 9.70. The van der Waals surface area contributed by atoms with E-state index < -0.39 is 13.0 Å². The number of hydrogen-bond donors (Lipinski definition) is 0. The van der Waals surface area contributed by atoms with Crippen LogP contribution in [0.25, 0.3) is 0 Å². The van der Waals surface area contributed by atoms with Crippen LogP contribution in [0.15, 0.2) is 42.5 Å². The van der Waals surface area contributed by atoms with Crippen molar-refractivity contribution in [2.45, 2.75) is 13.8 Å². The first-order chi connectivity index (χ1) is 7.81. The Bertz CT molecular complexity index is 520. The van der Waals surface area contributed by atoms with Crippen molar-refractivity contribution in [3.63, 3.8) is 0 Å². The van der Waals surface area contributed by atoms with Gasteiger partial charge in [0.1, 0.15) is 0 Å². The van der Waals surface area contributed by atoms with Crippen LogP contribution in [-0.4, -0.2) is 4.34 Å². The molecule has 0 unspecified atom stereocenters. The van der Waals surface area contributed by atoms with E-state index in [0.717, 1.165) is 12.1 Å². The molecule has 0 fully saturated rings. The SMILES string of the molecule is Cc1ccc(C)n1P(F)(F)(F)c1ccccc1. The second-order valence-electron chi connectivity index (χ2n) is 4.04. The van der Waals surface area contributed by atoms with Gasteiger partial charge in [-0.15, -0.1) is 0 Å². The Kier molecular flexibility index (Phi) is 2.58. The molecule has 0 amide bonds. The zero-order valence-corrected chi connectivity index (χ0v) is 10.5. The molecule has 0 atom stereocenters. The summed E-state index contributed by atoms with van der Waals surface area (Å²) in [5, 5.41) is -0.541. The maximum absolute atomic E-state index is 14.4. The Balaban J connectivity index is 2.71. The van der Waals surface area contributed by atoms with Gasteiger partial charge in [0.2, 0.25) is 0 Å². The third kappa shape index (κ3) is 1.87. The zero-order valence-electron chi connectivity index (χ0n) is 9.57. The Morgan fingerprint density at radius 3 is 1.76 bits per heavy atom. The third-order valence-corrected chi connectivity index (χ3v) is 5.12. The van der Waals surface area contributed by atoms with Crippen LogP contribution < -0.4 is 5.30 Å². The fourth-order valence-corrected chi connectivity index (χ4v) is 3.99. The van der Waals surface area contributed by atoms with Crippen LogP contribution in [0.4, 0.5) is 12.6 Å². The predicted octanol–water partition coefficient (Wildman–Crippen LogP) is 4.40. The molecule has 0 radical (unpaired) electrons. The van der Waals surface area contributed by atoms with Gasteiger partial charge >= 0.3 is 97.6 Å². The zero-order chi connectivity index (χ0) is 12.7. The van der Waals surface area contributed by atoms with E-state index in [1.165, 1.54) is 38.1 Å². The summed E-state index contributed by atoms with van der Waals surface area (Å²) in [6.45, 7) is 2.96. The summed E-state index contributed by atoms with van der Waals surface area (Å²) < 4.78 is 43.6. The van der Waals surface area contributed by atoms with Gasteiger partial charge in [-0.05, 0) is 0 Å². The first-order valence-electron chi connectivity index (χ1n) is 5.20. The third-order valence-electron chi connectivity index (χ3n) is 2.73. The van der Waals surface area contributed by atoms with Crippen molar-refractivity contribution in [1.29, 1.82) is 0 Å². The summed E-state index contributed by atoms with van der Waals surface area (Å²) in [4.78, 5) is 0. The molecule has 0 aliphatic carbocycles. The second kappa shape index (κ2) is 3.61. The van der Waals surface area contributed by atoms with Crippen molar-refractivity contribution in [1.82, 2.24) is 4.34 Å². The minimum atomic E-state index is -6.56. The van der Waals surface area contributed by atoms with Crippen molar-refractivity contribution >= 4 is 13.0 Å². The van der Waals surface area contributed by atoms with Gasteiger partial charge in [0.05, 0.1) is 0 Å². The Morgan fingerprint density at radius 1 is 0.824 bits per heavy atom. The monoisotopic (exact) mass is 259 g/mol. The number of hydrogen-bond acceptors (Lipinski definition) is 0. The summed E-state index contributed by atoms with van der Waals surface area (Å²) in [5.74, 6) is 0. The average molecular weight is 259 g/mol. The van der Waals surface area contributed by atoms with E-state index >= 15 is 0 Å². The Morgan fingerprint density at radius 2 is 1.29 bits per heavy atom. The molecule has 2 rings (SSSR count). The van der Waals surface area contributed by atoms with Crippen molar-refractivity contribution in [3.05, 3.63) is 53.9 Å². The Hall–Kier alpha value is -1.28. The number of nitrogens with zero attached hydrogens (tertiary/aromatic N) is 1. The first-order valence-corrected chi connectivity index (χ1v) is 7.06. The van der Waals surface area contributed by atoms with Gasteiger partial charge in [-0.25, -0.2) is 0 Å². The van der Waals surface area contributed by atoms with Gasteiger partial charge in [-0.1, -0.05) is 0 Å². The number of benzene rings is 1. The molecule has 0 saturated carbocycles. The van der Waals surface area contributed by atoms with Crippen molar-refractivity contribution in [2.24, 2.45) is 0 Å². The van der Waals surface area contributed by atoms with Crippen LogP contribution in [-0.2, 0) is 0 Å². The van der Waals surface area contributed by atoms with Gasteiger partial charge < -0.3 is 0 Å². The summed E-state index contributed by atoms with van der Waals surface area (Å²) in [5.41, 5.74) is 0.466. The molecular formula is C12H13F3NP. The Labute approximate surface area is 98.2 Å². The van der Waals surface area contributed by atoms with Crippen LogP contribution in [0.1, 0.15) is 11.4 Å². The van der Waals surface area contributed by atoms with Gasteiger partial charge in [0.15, 0.2) is 0 Å². The molecule has 0 aliphatic rings. The van der Waals surface area contributed by atoms with E-state index in [1.54, 1.807) is 6.07 Å². The van der Waals surface area contributed by atoms with Gasteiger partial charge in [-0.3, -0.25) is 0 Å². The van der Waals surface area contributed by atoms with E-state index in [4.69, 9.17) is 0 Å². The first kappa shape index (κ1) is 12.2. The summed E-state index contributed by atoms with van der Waals surface area (Å²) in [6.07, 6.45) is 0. The van der Waals surface area contributed by atoms with E-state index in [0.29, 0.717) is 4.34 Å². The number of aryl methyl sites for hydroxylation is 2. The predicted molar refractivity (Wildman–Crippen MR) is 65.6 cm³/mol. The van der Waals surface area contributed by atoms with E-state index in [2.05, 4.69) is 0 Å². The van der Waals surface area contributed by atoms with E-state index in [1.807, 2.05) is 0 Å². The average Bonchev–Trinajstić information content (AvgIpc) is 2.60. The molecule has 1 aromatic heterocycles. The van der Waals surface area contributed by atoms with Crippen LogP contribution in [0.5, 0.6) is 0 Å². The van der Waals surface area contributed by atoms with Gasteiger partial charge in [-0.2, -0.15) is 0 Å². The molecule has 0 spiro atoms. The number of aromatic nitrogens is 1. The molecule has 0 saturated heterocycles. The molecule has 0 aliphatic heterocycles. The van der Waals surface area contributed by atoms with Crippen molar-refractivity contribution in [3.8, 4) is 0 Å². The molecule has 2 aromatic rings. The molecule has 1 heterocycles. The molecule has 17 heavy (non-hydrogen) atoms. The van der Waals surface area contributed by atoms with Gasteiger partial charge in [0.25, 0.3) is 0 Å². The van der Waals surface area contributed by atoms with Crippen LogP contribution >= 0.6 is 7.69 Å². The second-order valence-corrected chi connectivity index (χ2v) is 6.50. The molecular weight excluding hydrogens is 246 g/mol. The maximum atomic E-state index is 14.4. The van der Waals surface area contributed by atoms with Crippen molar-refractivity contribution in [2.75, 3.05) is 0 Å². The van der Waals surface area contributed by atoms with E-state index in [-0.39, 0.29) is 11.4 Å². The molecule has 5 heteroatoms. The van der Waals surface area contributed by atoms with Crippen molar-refractivity contribution < 1.29 is 12.6 Å². The molecule has 1 nitrogen and oxygen atoms in total.